The van der Waals surface area contributed by atoms with Crippen LogP contribution in [0.15, 0.2) is 41.8 Å². The van der Waals surface area contributed by atoms with Crippen LogP contribution in [-0.2, 0) is 4.79 Å². The van der Waals surface area contributed by atoms with Crippen molar-refractivity contribution in [3.63, 3.8) is 0 Å². The van der Waals surface area contributed by atoms with E-state index < -0.39 is 0 Å². The first-order chi connectivity index (χ1) is 8.16. The first-order valence-electron chi connectivity index (χ1n) is 5.23. The van der Waals surface area contributed by atoms with Crippen LogP contribution in [0.1, 0.15) is 23.4 Å². The Balaban J connectivity index is 2.33. The predicted molar refractivity (Wildman–Crippen MR) is 66.4 cm³/mol. The number of rotatable bonds is 3. The Morgan fingerprint density at radius 1 is 1.29 bits per heavy atom. The monoisotopic (exact) mass is 249 g/mol. The fourth-order valence-electron chi connectivity index (χ4n) is 1.63. The highest BCUT2D eigenvalue weighted by atomic mass is 32.1. The molecule has 0 radical (unpaired) electrons. The van der Waals surface area contributed by atoms with Crippen molar-refractivity contribution in [2.75, 3.05) is 0 Å². The summed E-state index contributed by atoms with van der Waals surface area (Å²) in [6.07, 6.45) is 0. The van der Waals surface area contributed by atoms with Gasteiger partial charge in [-0.2, -0.15) is 0 Å². The fourth-order valence-corrected chi connectivity index (χ4v) is 2.44. The Hall–Kier alpha value is -1.68. The van der Waals surface area contributed by atoms with Crippen LogP contribution in [0, 0.1) is 5.82 Å². The van der Waals surface area contributed by atoms with E-state index in [-0.39, 0.29) is 17.8 Å². The molecule has 1 amide bonds. The van der Waals surface area contributed by atoms with Gasteiger partial charge in [0.05, 0.1) is 6.04 Å². The third kappa shape index (κ3) is 2.91. The van der Waals surface area contributed by atoms with Gasteiger partial charge in [-0.25, -0.2) is 4.39 Å². The van der Waals surface area contributed by atoms with Crippen molar-refractivity contribution in [1.29, 1.82) is 0 Å². The first-order valence-corrected chi connectivity index (χ1v) is 6.11. The normalized spacial score (nSPS) is 12.1. The summed E-state index contributed by atoms with van der Waals surface area (Å²) in [5, 5.41) is 4.82. The van der Waals surface area contributed by atoms with E-state index in [4.69, 9.17) is 0 Å². The van der Waals surface area contributed by atoms with Gasteiger partial charge in [-0.15, -0.1) is 11.3 Å². The van der Waals surface area contributed by atoms with Gasteiger partial charge in [0, 0.05) is 11.8 Å². The van der Waals surface area contributed by atoms with Gasteiger partial charge >= 0.3 is 0 Å². The minimum atomic E-state index is -0.276. The average molecular weight is 249 g/mol. The summed E-state index contributed by atoms with van der Waals surface area (Å²) in [4.78, 5) is 12.2. The third-order valence-corrected chi connectivity index (χ3v) is 3.32. The van der Waals surface area contributed by atoms with Crippen molar-refractivity contribution >= 4 is 17.2 Å². The predicted octanol–water partition coefficient (Wildman–Crippen LogP) is 3.11. The Labute approximate surface area is 103 Å². The molecule has 1 N–H and O–H groups in total. The number of nitrogens with one attached hydrogen (secondary N) is 1. The van der Waals surface area contributed by atoms with Gasteiger partial charge in [0.1, 0.15) is 5.82 Å². The van der Waals surface area contributed by atoms with E-state index in [0.29, 0.717) is 0 Å². The molecule has 2 nitrogen and oxygen atoms in total. The molecule has 1 heterocycles. The number of hydrogen-bond donors (Lipinski definition) is 1. The average Bonchev–Trinajstić information content (AvgIpc) is 2.80. The molecule has 88 valence electrons. The zero-order chi connectivity index (χ0) is 12.3. The van der Waals surface area contributed by atoms with Crippen LogP contribution >= 0.6 is 11.3 Å². The number of carbonyl (C=O) groups is 1. The number of halogens is 1. The number of carbonyl (C=O) groups excluding carboxylic acids is 1. The second-order valence-corrected chi connectivity index (χ2v) is 4.68. The highest BCUT2D eigenvalue weighted by molar-refractivity contribution is 7.10. The molecule has 0 fully saturated rings. The van der Waals surface area contributed by atoms with E-state index in [9.17, 15) is 9.18 Å². The Bertz CT molecular complexity index is 493. The quantitative estimate of drug-likeness (QED) is 0.889. The molecule has 2 rings (SSSR count). The van der Waals surface area contributed by atoms with E-state index >= 15 is 0 Å². The summed E-state index contributed by atoms with van der Waals surface area (Å²) in [5.41, 5.74) is 0.879. The molecular formula is C13H12FNOS. The molecule has 0 bridgehead atoms. The van der Waals surface area contributed by atoms with E-state index in [1.165, 1.54) is 19.1 Å². The first kappa shape index (κ1) is 11.8. The SMILES string of the molecule is CC(=O)N[C@H](c1ccc(F)cc1)c1cccs1. The lowest BCUT2D eigenvalue weighted by Gasteiger charge is -2.16. The Morgan fingerprint density at radius 3 is 2.53 bits per heavy atom. The summed E-state index contributed by atoms with van der Waals surface area (Å²) in [6, 6.07) is 9.86. The largest absolute Gasteiger partial charge is 0.345 e. The van der Waals surface area contributed by atoms with Crippen LogP contribution in [0.25, 0.3) is 0 Å². The van der Waals surface area contributed by atoms with Crippen LogP contribution in [0.2, 0.25) is 0 Å². The molecule has 0 unspecified atom stereocenters. The molecule has 0 spiro atoms. The number of benzene rings is 1. The highest BCUT2D eigenvalue weighted by Crippen LogP contribution is 2.26. The maximum Gasteiger partial charge on any atom is 0.217 e. The third-order valence-electron chi connectivity index (χ3n) is 2.38. The lowest BCUT2D eigenvalue weighted by atomic mass is 10.1. The second-order valence-electron chi connectivity index (χ2n) is 3.70. The molecule has 0 aliphatic rings. The number of hydrogen-bond acceptors (Lipinski definition) is 2. The molecule has 1 aromatic heterocycles. The van der Waals surface area contributed by atoms with Crippen LogP contribution < -0.4 is 5.32 Å². The van der Waals surface area contributed by atoms with E-state index in [1.807, 2.05) is 17.5 Å². The second kappa shape index (κ2) is 5.10. The summed E-state index contributed by atoms with van der Waals surface area (Å²) >= 11 is 1.56. The van der Waals surface area contributed by atoms with E-state index in [2.05, 4.69) is 5.32 Å². The Kier molecular flexibility index (Phi) is 3.54. The molecule has 0 aliphatic heterocycles. The van der Waals surface area contributed by atoms with Crippen molar-refractivity contribution in [2.45, 2.75) is 13.0 Å². The molecule has 1 aromatic carbocycles. The van der Waals surface area contributed by atoms with E-state index in [0.717, 1.165) is 10.4 Å². The molecule has 0 saturated heterocycles. The topological polar surface area (TPSA) is 29.1 Å². The van der Waals surface area contributed by atoms with Crippen LogP contribution in [0.3, 0.4) is 0 Å². The number of thiophene rings is 1. The van der Waals surface area contributed by atoms with Gasteiger partial charge in [-0.3, -0.25) is 4.79 Å². The van der Waals surface area contributed by atoms with Gasteiger partial charge in [0.2, 0.25) is 5.91 Å². The Morgan fingerprint density at radius 2 is 2.00 bits per heavy atom. The summed E-state index contributed by atoms with van der Waals surface area (Å²) < 4.78 is 12.9. The lowest BCUT2D eigenvalue weighted by molar-refractivity contribution is -0.119. The van der Waals surface area contributed by atoms with Gasteiger partial charge < -0.3 is 5.32 Å². The van der Waals surface area contributed by atoms with Crippen LogP contribution in [-0.4, -0.2) is 5.91 Å². The molecule has 17 heavy (non-hydrogen) atoms. The van der Waals surface area contributed by atoms with Crippen LogP contribution in [0.4, 0.5) is 4.39 Å². The molecule has 2 aromatic rings. The number of amides is 1. The highest BCUT2D eigenvalue weighted by Gasteiger charge is 2.15. The van der Waals surface area contributed by atoms with Crippen LogP contribution in [0.5, 0.6) is 0 Å². The molecular weight excluding hydrogens is 237 g/mol. The van der Waals surface area contributed by atoms with Crippen molar-refractivity contribution in [3.05, 3.63) is 58.0 Å². The van der Waals surface area contributed by atoms with Crippen molar-refractivity contribution in [3.8, 4) is 0 Å². The maximum atomic E-state index is 12.9. The summed E-state index contributed by atoms with van der Waals surface area (Å²) in [6.45, 7) is 1.48. The standard InChI is InChI=1S/C13H12FNOS/c1-9(16)15-13(12-3-2-8-17-12)10-4-6-11(14)7-5-10/h2-8,13H,1H3,(H,15,16)/t13-/m1/s1. The summed E-state index contributed by atoms with van der Waals surface area (Å²) in [5.74, 6) is -0.380. The van der Waals surface area contributed by atoms with Gasteiger partial charge in [0.15, 0.2) is 0 Å². The molecule has 4 heteroatoms. The van der Waals surface area contributed by atoms with Gasteiger partial charge in [0.25, 0.3) is 0 Å². The van der Waals surface area contributed by atoms with Crippen molar-refractivity contribution in [2.24, 2.45) is 0 Å². The lowest BCUT2D eigenvalue weighted by Crippen LogP contribution is -2.26. The fraction of sp³-hybridized carbons (Fsp3) is 0.154. The molecule has 0 aliphatic carbocycles. The van der Waals surface area contributed by atoms with E-state index in [1.54, 1.807) is 23.5 Å². The van der Waals surface area contributed by atoms with Crippen molar-refractivity contribution < 1.29 is 9.18 Å². The van der Waals surface area contributed by atoms with Crippen molar-refractivity contribution in [1.82, 2.24) is 5.32 Å². The molecule has 1 atom stereocenters. The zero-order valence-corrected chi connectivity index (χ0v) is 10.1. The molecule has 0 saturated carbocycles. The van der Waals surface area contributed by atoms with Gasteiger partial charge in [-0.05, 0) is 29.1 Å². The minimum absolute atomic E-state index is 0.104. The smallest absolute Gasteiger partial charge is 0.217 e. The summed E-state index contributed by atoms with van der Waals surface area (Å²) in [7, 11) is 0. The van der Waals surface area contributed by atoms with Gasteiger partial charge in [-0.1, -0.05) is 18.2 Å². The zero-order valence-electron chi connectivity index (χ0n) is 9.31. The maximum absolute atomic E-state index is 12.9. The minimum Gasteiger partial charge on any atom is -0.345 e.